The van der Waals surface area contributed by atoms with Crippen LogP contribution < -0.4 is 5.73 Å². The number of halogens is 3. The van der Waals surface area contributed by atoms with Gasteiger partial charge in [-0.1, -0.05) is 39.3 Å². The van der Waals surface area contributed by atoms with Gasteiger partial charge in [-0.15, -0.1) is 0 Å². The van der Waals surface area contributed by atoms with Crippen LogP contribution in [0.2, 0.25) is 0 Å². The van der Waals surface area contributed by atoms with E-state index >= 15 is 0 Å². The molecule has 3 aromatic rings. The highest BCUT2D eigenvalue weighted by Crippen LogP contribution is 2.40. The summed E-state index contributed by atoms with van der Waals surface area (Å²) in [6.45, 7) is 0. The fourth-order valence-corrected chi connectivity index (χ4v) is 2.57. The van der Waals surface area contributed by atoms with Gasteiger partial charge in [0.1, 0.15) is 11.6 Å². The molecule has 0 amide bonds. The lowest BCUT2D eigenvalue weighted by Crippen LogP contribution is -1.91. The quantitative estimate of drug-likeness (QED) is 0.732. The molecular weight excluding hydrogens is 342 g/mol. The number of anilines is 1. The molecule has 0 saturated heterocycles. The molecule has 2 N–H and O–H groups in total. The Kier molecular flexibility index (Phi) is 3.47. The molecule has 1 heterocycles. The number of nitrogens with two attached hydrogens (primary N) is 1. The van der Waals surface area contributed by atoms with E-state index in [2.05, 4.69) is 21.1 Å². The van der Waals surface area contributed by atoms with Crippen molar-refractivity contribution in [3.05, 3.63) is 58.6 Å². The van der Waals surface area contributed by atoms with Crippen molar-refractivity contribution in [1.82, 2.24) is 5.16 Å². The van der Waals surface area contributed by atoms with E-state index in [1.807, 2.05) is 12.1 Å². The second kappa shape index (κ2) is 5.29. The monoisotopic (exact) mass is 350 g/mol. The third kappa shape index (κ3) is 2.42. The molecule has 0 radical (unpaired) electrons. The van der Waals surface area contributed by atoms with Crippen molar-refractivity contribution in [2.45, 2.75) is 0 Å². The Morgan fingerprint density at radius 3 is 2.57 bits per heavy atom. The maximum atomic E-state index is 14.0. The smallest absolute Gasteiger partial charge is 0.180 e. The standard InChI is InChI=1S/C15H9BrF2N2O/c16-11-4-2-1-3-9(11)13-14(21-20-15(13)19)10-7-8(17)5-6-12(10)18/h1-7H,(H2,19,20). The zero-order chi connectivity index (χ0) is 15.0. The third-order valence-corrected chi connectivity index (χ3v) is 3.73. The first-order valence-corrected chi connectivity index (χ1v) is 6.82. The van der Waals surface area contributed by atoms with Gasteiger partial charge in [0.05, 0.1) is 11.1 Å². The van der Waals surface area contributed by atoms with Crippen molar-refractivity contribution in [1.29, 1.82) is 0 Å². The van der Waals surface area contributed by atoms with Crippen LogP contribution in [-0.4, -0.2) is 5.16 Å². The van der Waals surface area contributed by atoms with Gasteiger partial charge in [-0.05, 0) is 24.3 Å². The van der Waals surface area contributed by atoms with Crippen molar-refractivity contribution in [3.63, 3.8) is 0 Å². The van der Waals surface area contributed by atoms with E-state index in [-0.39, 0.29) is 17.1 Å². The Labute approximate surface area is 127 Å². The number of aromatic nitrogens is 1. The lowest BCUT2D eigenvalue weighted by molar-refractivity contribution is 0.433. The fourth-order valence-electron chi connectivity index (χ4n) is 2.08. The second-order valence-electron chi connectivity index (χ2n) is 4.38. The van der Waals surface area contributed by atoms with Gasteiger partial charge in [0.15, 0.2) is 11.6 Å². The summed E-state index contributed by atoms with van der Waals surface area (Å²) >= 11 is 3.40. The van der Waals surface area contributed by atoms with Crippen LogP contribution in [0.25, 0.3) is 22.5 Å². The first-order valence-electron chi connectivity index (χ1n) is 6.03. The van der Waals surface area contributed by atoms with Crippen molar-refractivity contribution < 1.29 is 13.3 Å². The van der Waals surface area contributed by atoms with Crippen molar-refractivity contribution >= 4 is 21.7 Å². The lowest BCUT2D eigenvalue weighted by atomic mass is 10.0. The molecule has 3 nitrogen and oxygen atoms in total. The molecule has 3 rings (SSSR count). The van der Waals surface area contributed by atoms with Gasteiger partial charge in [0.2, 0.25) is 0 Å². The molecule has 0 atom stereocenters. The van der Waals surface area contributed by atoms with Gasteiger partial charge in [0.25, 0.3) is 0 Å². The molecule has 2 aromatic carbocycles. The van der Waals surface area contributed by atoms with Crippen LogP contribution in [0.5, 0.6) is 0 Å². The molecule has 0 aliphatic carbocycles. The summed E-state index contributed by atoms with van der Waals surface area (Å²) in [5.74, 6) is -0.975. The predicted octanol–water partition coefficient (Wildman–Crippen LogP) is 4.63. The van der Waals surface area contributed by atoms with E-state index < -0.39 is 11.6 Å². The van der Waals surface area contributed by atoms with E-state index in [0.29, 0.717) is 11.1 Å². The highest BCUT2D eigenvalue weighted by atomic mass is 79.9. The van der Waals surface area contributed by atoms with Gasteiger partial charge in [-0.25, -0.2) is 8.78 Å². The Morgan fingerprint density at radius 2 is 1.81 bits per heavy atom. The van der Waals surface area contributed by atoms with Crippen LogP contribution >= 0.6 is 15.9 Å². The molecule has 106 valence electrons. The van der Waals surface area contributed by atoms with Crippen molar-refractivity contribution in [2.75, 3.05) is 5.73 Å². The summed E-state index contributed by atoms with van der Waals surface area (Å²) in [6.07, 6.45) is 0. The summed E-state index contributed by atoms with van der Waals surface area (Å²) in [4.78, 5) is 0. The molecule has 0 bridgehead atoms. The molecule has 21 heavy (non-hydrogen) atoms. The van der Waals surface area contributed by atoms with Crippen molar-refractivity contribution in [2.24, 2.45) is 0 Å². The van der Waals surface area contributed by atoms with Crippen molar-refractivity contribution in [3.8, 4) is 22.5 Å². The summed E-state index contributed by atoms with van der Waals surface area (Å²) in [7, 11) is 0. The molecule has 0 aliphatic heterocycles. The highest BCUT2D eigenvalue weighted by molar-refractivity contribution is 9.10. The van der Waals surface area contributed by atoms with E-state index in [1.54, 1.807) is 12.1 Å². The molecule has 0 fully saturated rings. The molecule has 0 aliphatic rings. The largest absolute Gasteiger partial charge is 0.380 e. The first kappa shape index (κ1) is 13.8. The number of hydrogen-bond acceptors (Lipinski definition) is 3. The van der Waals surface area contributed by atoms with Crippen LogP contribution in [0.3, 0.4) is 0 Å². The van der Waals surface area contributed by atoms with E-state index in [4.69, 9.17) is 10.3 Å². The van der Waals surface area contributed by atoms with Gasteiger partial charge in [-0.2, -0.15) is 0 Å². The molecule has 1 aromatic heterocycles. The number of nitrogens with zero attached hydrogens (tertiary/aromatic N) is 1. The highest BCUT2D eigenvalue weighted by Gasteiger charge is 2.22. The van der Waals surface area contributed by atoms with Crippen LogP contribution in [0.1, 0.15) is 0 Å². The normalized spacial score (nSPS) is 10.8. The minimum Gasteiger partial charge on any atom is -0.380 e. The maximum Gasteiger partial charge on any atom is 0.180 e. The van der Waals surface area contributed by atoms with Gasteiger partial charge in [-0.3, -0.25) is 0 Å². The molecule has 0 spiro atoms. The minimum absolute atomic E-state index is 0.0232. The van der Waals surface area contributed by atoms with Crippen LogP contribution in [0, 0.1) is 11.6 Å². The zero-order valence-electron chi connectivity index (χ0n) is 10.6. The Hall–Kier alpha value is -2.21. The SMILES string of the molecule is Nc1noc(-c2cc(F)ccc2F)c1-c1ccccc1Br. The van der Waals surface area contributed by atoms with Crippen LogP contribution in [-0.2, 0) is 0 Å². The third-order valence-electron chi connectivity index (χ3n) is 3.03. The molecule has 0 unspecified atom stereocenters. The minimum atomic E-state index is -0.610. The van der Waals surface area contributed by atoms with Gasteiger partial charge >= 0.3 is 0 Å². The van der Waals surface area contributed by atoms with E-state index in [0.717, 1.165) is 22.7 Å². The number of hydrogen-bond donors (Lipinski definition) is 1. The summed E-state index contributed by atoms with van der Waals surface area (Å²) in [5, 5.41) is 3.67. The van der Waals surface area contributed by atoms with E-state index in [9.17, 15) is 8.78 Å². The molecule has 0 saturated carbocycles. The van der Waals surface area contributed by atoms with E-state index in [1.165, 1.54) is 0 Å². The fraction of sp³-hybridized carbons (Fsp3) is 0. The lowest BCUT2D eigenvalue weighted by Gasteiger charge is -2.06. The molecule has 6 heteroatoms. The molecular formula is C15H9BrF2N2O. The first-order chi connectivity index (χ1) is 10.1. The second-order valence-corrected chi connectivity index (χ2v) is 5.23. The summed E-state index contributed by atoms with van der Waals surface area (Å²) in [5.41, 5.74) is 6.92. The number of nitrogen functional groups attached to an aromatic ring is 1. The average Bonchev–Trinajstić information content (AvgIpc) is 2.84. The average molecular weight is 351 g/mol. The summed E-state index contributed by atoms with van der Waals surface area (Å²) in [6, 6.07) is 10.4. The Bertz CT molecular complexity index is 817. The number of benzene rings is 2. The van der Waals surface area contributed by atoms with Crippen LogP contribution in [0.4, 0.5) is 14.6 Å². The Balaban J connectivity index is 2.27. The maximum absolute atomic E-state index is 14.0. The topological polar surface area (TPSA) is 52.0 Å². The van der Waals surface area contributed by atoms with Gasteiger partial charge in [0, 0.05) is 10.0 Å². The Morgan fingerprint density at radius 1 is 1.05 bits per heavy atom. The number of rotatable bonds is 2. The summed E-state index contributed by atoms with van der Waals surface area (Å²) < 4.78 is 33.2. The zero-order valence-corrected chi connectivity index (χ0v) is 12.2. The predicted molar refractivity (Wildman–Crippen MR) is 79.4 cm³/mol. The van der Waals surface area contributed by atoms with Gasteiger partial charge < -0.3 is 10.3 Å². The van der Waals surface area contributed by atoms with Crippen LogP contribution in [0.15, 0.2) is 51.5 Å².